The lowest BCUT2D eigenvalue weighted by Gasteiger charge is -2.24. The summed E-state index contributed by atoms with van der Waals surface area (Å²) >= 11 is 0. The van der Waals surface area contributed by atoms with Crippen LogP contribution in [0.2, 0.25) is 0 Å². The van der Waals surface area contributed by atoms with E-state index in [2.05, 4.69) is 11.8 Å². The van der Waals surface area contributed by atoms with Gasteiger partial charge in [0.15, 0.2) is 0 Å². The number of hydrogen-bond donors (Lipinski definition) is 1. The molecule has 0 aliphatic heterocycles. The Morgan fingerprint density at radius 3 is 2.56 bits per heavy atom. The van der Waals surface area contributed by atoms with Gasteiger partial charge in [0.2, 0.25) is 0 Å². The second-order valence-electron chi connectivity index (χ2n) is 3.20. The van der Waals surface area contributed by atoms with E-state index >= 15 is 0 Å². The van der Waals surface area contributed by atoms with Gasteiger partial charge in [0.05, 0.1) is 0 Å². The summed E-state index contributed by atoms with van der Waals surface area (Å²) in [6.07, 6.45) is 3.35. The molecular weight excluding hydrogens is 116 g/mol. The topological polar surface area (TPSA) is 29.5 Å². The lowest BCUT2D eigenvalue weighted by molar-refractivity contribution is -0.325. The van der Waals surface area contributed by atoms with E-state index in [1.807, 2.05) is 6.92 Å². The highest BCUT2D eigenvalue weighted by Crippen LogP contribution is 2.37. The van der Waals surface area contributed by atoms with Gasteiger partial charge in [0, 0.05) is 0 Å². The van der Waals surface area contributed by atoms with Crippen molar-refractivity contribution in [1.29, 1.82) is 0 Å². The van der Waals surface area contributed by atoms with E-state index in [1.165, 1.54) is 12.8 Å². The van der Waals surface area contributed by atoms with E-state index in [4.69, 9.17) is 5.26 Å². The third-order valence-electron chi connectivity index (χ3n) is 2.56. The minimum absolute atomic E-state index is 0.250. The van der Waals surface area contributed by atoms with E-state index in [-0.39, 0.29) is 5.60 Å². The summed E-state index contributed by atoms with van der Waals surface area (Å²) in [5.74, 6) is 0.502. The molecule has 0 aromatic rings. The zero-order valence-electron chi connectivity index (χ0n) is 6.05. The minimum atomic E-state index is -0.250. The average Bonchev–Trinajstić information content (AvgIpc) is 2.15. The zero-order chi connectivity index (χ0) is 6.91. The Kier molecular flexibility index (Phi) is 1.78. The molecule has 0 saturated heterocycles. The highest BCUT2D eigenvalue weighted by molar-refractivity contribution is 4.86. The minimum Gasteiger partial charge on any atom is -0.251 e. The lowest BCUT2D eigenvalue weighted by Crippen LogP contribution is -2.29. The molecule has 1 saturated carbocycles. The summed E-state index contributed by atoms with van der Waals surface area (Å²) in [6, 6.07) is 0. The van der Waals surface area contributed by atoms with E-state index in [1.54, 1.807) is 0 Å². The first kappa shape index (κ1) is 7.03. The molecule has 1 aliphatic carbocycles. The molecule has 0 bridgehead atoms. The second-order valence-corrected chi connectivity index (χ2v) is 3.20. The van der Waals surface area contributed by atoms with Crippen molar-refractivity contribution in [2.24, 2.45) is 5.92 Å². The predicted octanol–water partition coefficient (Wildman–Crippen LogP) is 2.05. The fourth-order valence-electron chi connectivity index (χ4n) is 1.45. The monoisotopic (exact) mass is 130 g/mol. The molecule has 1 aliphatic rings. The van der Waals surface area contributed by atoms with Crippen LogP contribution in [0.3, 0.4) is 0 Å². The van der Waals surface area contributed by atoms with Crippen molar-refractivity contribution in [3.05, 3.63) is 0 Å². The quantitative estimate of drug-likeness (QED) is 0.435. The summed E-state index contributed by atoms with van der Waals surface area (Å²) in [6.45, 7) is 4.08. The first-order valence-electron chi connectivity index (χ1n) is 3.51. The van der Waals surface area contributed by atoms with Crippen molar-refractivity contribution in [3.8, 4) is 0 Å². The van der Waals surface area contributed by atoms with Gasteiger partial charge in [0.25, 0.3) is 0 Å². The predicted molar refractivity (Wildman–Crippen MR) is 35.1 cm³/mol. The van der Waals surface area contributed by atoms with Gasteiger partial charge in [-0.05, 0) is 25.7 Å². The molecule has 9 heavy (non-hydrogen) atoms. The Labute approximate surface area is 55.8 Å². The van der Waals surface area contributed by atoms with Gasteiger partial charge >= 0.3 is 0 Å². The summed E-state index contributed by atoms with van der Waals surface area (Å²) in [4.78, 5) is 4.41. The van der Waals surface area contributed by atoms with Gasteiger partial charge in [-0.25, -0.2) is 4.89 Å². The second kappa shape index (κ2) is 2.27. The first-order chi connectivity index (χ1) is 4.19. The highest BCUT2D eigenvalue weighted by atomic mass is 17.1. The summed E-state index contributed by atoms with van der Waals surface area (Å²) < 4.78 is 0. The third-order valence-corrected chi connectivity index (χ3v) is 2.56. The van der Waals surface area contributed by atoms with E-state index < -0.39 is 0 Å². The molecule has 1 N–H and O–H groups in total. The fraction of sp³-hybridized carbons (Fsp3) is 1.00. The molecule has 0 aromatic carbocycles. The molecule has 2 heteroatoms. The molecule has 0 radical (unpaired) electrons. The summed E-state index contributed by atoms with van der Waals surface area (Å²) in [5.41, 5.74) is -0.250. The molecule has 0 heterocycles. The van der Waals surface area contributed by atoms with Crippen LogP contribution in [0.5, 0.6) is 0 Å². The Morgan fingerprint density at radius 1 is 1.67 bits per heavy atom. The van der Waals surface area contributed by atoms with E-state index in [0.29, 0.717) is 5.92 Å². The van der Waals surface area contributed by atoms with Gasteiger partial charge in [-0.1, -0.05) is 13.3 Å². The molecule has 0 spiro atoms. The van der Waals surface area contributed by atoms with Crippen LogP contribution < -0.4 is 0 Å². The van der Waals surface area contributed by atoms with Gasteiger partial charge in [-0.15, -0.1) is 0 Å². The van der Waals surface area contributed by atoms with Gasteiger partial charge in [-0.2, -0.15) is 0 Å². The van der Waals surface area contributed by atoms with Crippen molar-refractivity contribution in [3.63, 3.8) is 0 Å². The molecular formula is C7H14O2. The van der Waals surface area contributed by atoms with Gasteiger partial charge in [0.1, 0.15) is 5.60 Å². The maximum atomic E-state index is 8.50. The molecule has 2 nitrogen and oxygen atoms in total. The van der Waals surface area contributed by atoms with Gasteiger partial charge in [-0.3, -0.25) is 5.26 Å². The molecule has 1 rings (SSSR count). The molecule has 1 fully saturated rings. The first-order valence-corrected chi connectivity index (χ1v) is 3.51. The molecule has 2 unspecified atom stereocenters. The molecule has 54 valence electrons. The Hall–Kier alpha value is -0.0800. The van der Waals surface area contributed by atoms with Crippen LogP contribution in [0.4, 0.5) is 0 Å². The van der Waals surface area contributed by atoms with Gasteiger partial charge < -0.3 is 0 Å². The Bertz CT molecular complexity index is 103. The smallest absolute Gasteiger partial charge is 0.103 e. The van der Waals surface area contributed by atoms with Crippen molar-refractivity contribution in [1.82, 2.24) is 0 Å². The SMILES string of the molecule is CC1CCCC1(C)OO. The largest absolute Gasteiger partial charge is 0.251 e. The van der Waals surface area contributed by atoms with Crippen LogP contribution in [0.15, 0.2) is 0 Å². The van der Waals surface area contributed by atoms with E-state index in [0.717, 1.165) is 6.42 Å². The van der Waals surface area contributed by atoms with Crippen LogP contribution in [-0.2, 0) is 4.89 Å². The van der Waals surface area contributed by atoms with Crippen molar-refractivity contribution in [2.45, 2.75) is 38.7 Å². The van der Waals surface area contributed by atoms with E-state index in [9.17, 15) is 0 Å². The van der Waals surface area contributed by atoms with Crippen LogP contribution in [0, 0.1) is 5.92 Å². The Balaban J connectivity index is 2.56. The highest BCUT2D eigenvalue weighted by Gasteiger charge is 2.37. The molecule has 0 aromatic heterocycles. The van der Waals surface area contributed by atoms with Crippen molar-refractivity contribution < 1.29 is 10.1 Å². The fourth-order valence-corrected chi connectivity index (χ4v) is 1.45. The maximum absolute atomic E-state index is 8.50. The molecule has 0 amide bonds. The number of rotatable bonds is 1. The standard InChI is InChI=1S/C7H14O2/c1-6-4-3-5-7(6,2)9-8/h6,8H,3-5H2,1-2H3. The van der Waals surface area contributed by atoms with Crippen molar-refractivity contribution in [2.75, 3.05) is 0 Å². The average molecular weight is 130 g/mol. The summed E-state index contributed by atoms with van der Waals surface area (Å²) in [5, 5.41) is 8.50. The van der Waals surface area contributed by atoms with Crippen LogP contribution in [0.25, 0.3) is 0 Å². The maximum Gasteiger partial charge on any atom is 0.103 e. The third kappa shape index (κ3) is 1.10. The lowest BCUT2D eigenvalue weighted by atomic mass is 9.95. The van der Waals surface area contributed by atoms with Crippen LogP contribution >= 0.6 is 0 Å². The molecule has 2 atom stereocenters. The number of hydrogen-bond acceptors (Lipinski definition) is 2. The Morgan fingerprint density at radius 2 is 2.33 bits per heavy atom. The van der Waals surface area contributed by atoms with Crippen LogP contribution in [0.1, 0.15) is 33.1 Å². The normalized spacial score (nSPS) is 43.7. The van der Waals surface area contributed by atoms with Crippen molar-refractivity contribution >= 4 is 0 Å². The zero-order valence-corrected chi connectivity index (χ0v) is 6.05. The van der Waals surface area contributed by atoms with Crippen LogP contribution in [-0.4, -0.2) is 10.9 Å². The summed E-state index contributed by atoms with van der Waals surface area (Å²) in [7, 11) is 0.